The molecule has 2 atom stereocenters. The van der Waals surface area contributed by atoms with Crippen molar-refractivity contribution in [3.8, 4) is 11.6 Å². The first-order valence-electron chi connectivity index (χ1n) is 13.6. The van der Waals surface area contributed by atoms with E-state index in [1.54, 1.807) is 25.3 Å². The van der Waals surface area contributed by atoms with Crippen LogP contribution in [0.2, 0.25) is 0 Å². The molecular formula is C30H27FN8O5. The molecule has 0 radical (unpaired) electrons. The Kier molecular flexibility index (Phi) is 7.39. The van der Waals surface area contributed by atoms with Crippen LogP contribution in [0.1, 0.15) is 32.8 Å². The standard InChI is InChI=1S/C30H27FN8O5/c1-37(16-17-5-8-19(44-2)9-6-17)23-13-25(36-39-24(15-33-27(23)39)28(40)35-22-12-20(22)31)34-21-4-3-11-38(29(21)41)26-10-7-18(14-32-26)30(42)43/h3-11,13-15,20,22H,12,16H2,1-2H3,(H,34,36)(H,35,40)(H,42,43)/t20-,22+/m0/s1. The van der Waals surface area contributed by atoms with E-state index < -0.39 is 29.6 Å². The third-order valence-corrected chi connectivity index (χ3v) is 7.15. The third-order valence-electron chi connectivity index (χ3n) is 7.15. The van der Waals surface area contributed by atoms with Crippen molar-refractivity contribution in [1.82, 2.24) is 29.5 Å². The molecule has 1 aliphatic carbocycles. The van der Waals surface area contributed by atoms with Crippen LogP contribution in [0.15, 0.2) is 78.0 Å². The highest BCUT2D eigenvalue weighted by molar-refractivity contribution is 5.94. The number of carbonyl (C=O) groups excluding carboxylic acids is 1. The quantitative estimate of drug-likeness (QED) is 0.218. The number of imidazole rings is 1. The summed E-state index contributed by atoms with van der Waals surface area (Å²) in [6, 6.07) is 14.7. The summed E-state index contributed by atoms with van der Waals surface area (Å²) in [5.41, 5.74) is 1.75. The van der Waals surface area contributed by atoms with Crippen LogP contribution in [0, 0.1) is 0 Å². The number of pyridine rings is 2. The zero-order valence-corrected chi connectivity index (χ0v) is 23.6. The lowest BCUT2D eigenvalue weighted by atomic mass is 10.2. The SMILES string of the molecule is COc1ccc(CN(C)c2cc(Nc3cccn(-c4ccc(C(=O)O)cn4)c3=O)nn3c(C(=O)N[C@@H]4C[C@@H]4F)cnc23)cc1. The molecule has 4 aromatic heterocycles. The third kappa shape index (κ3) is 5.64. The number of carboxylic acid groups (broad SMARTS) is 1. The van der Waals surface area contributed by atoms with Crippen molar-refractivity contribution in [2.45, 2.75) is 25.2 Å². The van der Waals surface area contributed by atoms with Crippen LogP contribution in [-0.2, 0) is 6.54 Å². The summed E-state index contributed by atoms with van der Waals surface area (Å²) in [6.07, 6.45) is 3.24. The molecule has 4 heterocycles. The number of aromatic nitrogens is 5. The number of nitrogens with one attached hydrogen (secondary N) is 2. The molecule has 3 N–H and O–H groups in total. The average Bonchev–Trinajstić information content (AvgIpc) is 3.54. The van der Waals surface area contributed by atoms with Crippen LogP contribution in [-0.4, -0.2) is 67.5 Å². The number of hydrogen-bond acceptors (Lipinski definition) is 9. The van der Waals surface area contributed by atoms with E-state index >= 15 is 0 Å². The summed E-state index contributed by atoms with van der Waals surface area (Å²) < 4.78 is 21.4. The average molecular weight is 599 g/mol. The smallest absolute Gasteiger partial charge is 0.337 e. The number of aromatic carboxylic acids is 1. The fourth-order valence-corrected chi connectivity index (χ4v) is 4.66. The molecule has 224 valence electrons. The van der Waals surface area contributed by atoms with Crippen molar-refractivity contribution >= 4 is 34.7 Å². The lowest BCUT2D eigenvalue weighted by molar-refractivity contribution is 0.0696. The lowest BCUT2D eigenvalue weighted by Crippen LogP contribution is -2.28. The molecule has 5 aromatic rings. The van der Waals surface area contributed by atoms with Crippen molar-refractivity contribution in [3.63, 3.8) is 0 Å². The highest BCUT2D eigenvalue weighted by Crippen LogP contribution is 2.28. The summed E-state index contributed by atoms with van der Waals surface area (Å²) >= 11 is 0. The number of carbonyl (C=O) groups is 2. The van der Waals surface area contributed by atoms with Crippen molar-refractivity contribution in [3.05, 3.63) is 100 Å². The normalized spacial score (nSPS) is 15.5. The Labute approximate surface area is 249 Å². The van der Waals surface area contributed by atoms with Gasteiger partial charge < -0.3 is 25.4 Å². The number of fused-ring (bicyclic) bond motifs is 1. The monoisotopic (exact) mass is 598 g/mol. The van der Waals surface area contributed by atoms with E-state index in [2.05, 4.69) is 25.7 Å². The van der Waals surface area contributed by atoms with Gasteiger partial charge in [0.15, 0.2) is 17.2 Å². The number of anilines is 3. The molecule has 14 heteroatoms. The number of amides is 1. The first kappa shape index (κ1) is 28.3. The Morgan fingerprint density at radius 3 is 2.57 bits per heavy atom. The second kappa shape index (κ2) is 11.5. The van der Waals surface area contributed by atoms with Crippen LogP contribution in [0.5, 0.6) is 5.75 Å². The van der Waals surface area contributed by atoms with Gasteiger partial charge in [0, 0.05) is 38.5 Å². The highest BCUT2D eigenvalue weighted by atomic mass is 19.1. The maximum absolute atomic E-state index is 13.5. The summed E-state index contributed by atoms with van der Waals surface area (Å²) in [5.74, 6) is -0.457. The van der Waals surface area contributed by atoms with E-state index in [1.165, 1.54) is 39.8 Å². The Balaban J connectivity index is 1.37. The number of alkyl halides is 1. The molecule has 44 heavy (non-hydrogen) atoms. The van der Waals surface area contributed by atoms with Gasteiger partial charge in [0.25, 0.3) is 11.5 Å². The highest BCUT2D eigenvalue weighted by Gasteiger charge is 2.39. The van der Waals surface area contributed by atoms with Crippen LogP contribution >= 0.6 is 0 Å². The number of halogens is 1. The van der Waals surface area contributed by atoms with Crippen molar-refractivity contribution in [1.29, 1.82) is 0 Å². The molecule has 0 aliphatic heterocycles. The van der Waals surface area contributed by atoms with Gasteiger partial charge in [0.1, 0.15) is 23.4 Å². The molecule has 0 bridgehead atoms. The first-order chi connectivity index (χ1) is 21.2. The summed E-state index contributed by atoms with van der Waals surface area (Å²) in [5, 5.41) is 19.4. The summed E-state index contributed by atoms with van der Waals surface area (Å²) in [4.78, 5) is 48.1. The maximum atomic E-state index is 13.5. The molecule has 13 nitrogen and oxygen atoms in total. The molecular weight excluding hydrogens is 571 g/mol. The van der Waals surface area contributed by atoms with E-state index in [0.717, 1.165) is 11.3 Å². The number of ether oxygens (including phenoxy) is 1. The van der Waals surface area contributed by atoms with E-state index in [4.69, 9.17) is 9.84 Å². The number of methoxy groups -OCH3 is 1. The predicted octanol–water partition coefficient (Wildman–Crippen LogP) is 3.20. The topological polar surface area (TPSA) is 156 Å². The maximum Gasteiger partial charge on any atom is 0.337 e. The Bertz CT molecular complexity index is 1920. The van der Waals surface area contributed by atoms with E-state index in [0.29, 0.717) is 17.9 Å². The Morgan fingerprint density at radius 1 is 1.14 bits per heavy atom. The van der Waals surface area contributed by atoms with E-state index in [1.807, 2.05) is 36.2 Å². The zero-order chi connectivity index (χ0) is 31.0. The molecule has 1 saturated carbocycles. The lowest BCUT2D eigenvalue weighted by Gasteiger charge is -2.21. The van der Waals surface area contributed by atoms with Crippen molar-refractivity contribution in [2.75, 3.05) is 24.4 Å². The van der Waals surface area contributed by atoms with Gasteiger partial charge in [-0.15, -0.1) is 5.10 Å². The minimum atomic E-state index is -1.13. The fraction of sp³-hybridized carbons (Fsp3) is 0.200. The Morgan fingerprint density at radius 2 is 1.91 bits per heavy atom. The number of rotatable bonds is 10. The van der Waals surface area contributed by atoms with E-state index in [9.17, 15) is 18.8 Å². The van der Waals surface area contributed by atoms with Gasteiger partial charge in [-0.3, -0.25) is 14.2 Å². The predicted molar refractivity (Wildman–Crippen MR) is 159 cm³/mol. The Hall–Kier alpha value is -5.79. The van der Waals surface area contributed by atoms with Gasteiger partial charge in [-0.1, -0.05) is 12.1 Å². The second-order valence-corrected chi connectivity index (χ2v) is 10.3. The molecule has 1 fully saturated rings. The first-order valence-corrected chi connectivity index (χ1v) is 13.6. The number of hydrogen-bond donors (Lipinski definition) is 3. The molecule has 1 amide bonds. The van der Waals surface area contributed by atoms with E-state index in [-0.39, 0.29) is 35.0 Å². The number of carboxylic acids is 1. The minimum Gasteiger partial charge on any atom is -0.497 e. The summed E-state index contributed by atoms with van der Waals surface area (Å²) in [6.45, 7) is 0.471. The van der Waals surface area contributed by atoms with Crippen molar-refractivity contribution in [2.24, 2.45) is 0 Å². The van der Waals surface area contributed by atoms with Gasteiger partial charge in [0.05, 0.1) is 30.6 Å². The molecule has 1 aromatic carbocycles. The van der Waals surface area contributed by atoms with Crippen LogP contribution < -0.4 is 25.8 Å². The number of nitrogens with zero attached hydrogens (tertiary/aromatic N) is 6. The van der Waals surface area contributed by atoms with Crippen LogP contribution in [0.4, 0.5) is 21.6 Å². The van der Waals surface area contributed by atoms with Gasteiger partial charge in [-0.25, -0.2) is 23.7 Å². The molecule has 1 aliphatic rings. The van der Waals surface area contributed by atoms with Gasteiger partial charge in [-0.05, 0) is 42.0 Å². The number of benzene rings is 1. The minimum absolute atomic E-state index is 0.0104. The molecule has 6 rings (SSSR count). The second-order valence-electron chi connectivity index (χ2n) is 10.3. The molecule has 0 spiro atoms. The van der Waals surface area contributed by atoms with Crippen LogP contribution in [0.3, 0.4) is 0 Å². The van der Waals surface area contributed by atoms with Gasteiger partial charge in [-0.2, -0.15) is 0 Å². The van der Waals surface area contributed by atoms with Gasteiger partial charge in [0.2, 0.25) is 0 Å². The van der Waals surface area contributed by atoms with Crippen LogP contribution in [0.25, 0.3) is 11.5 Å². The summed E-state index contributed by atoms with van der Waals surface area (Å²) in [7, 11) is 3.46. The molecule has 0 saturated heterocycles. The van der Waals surface area contributed by atoms with Crippen molar-refractivity contribution < 1.29 is 23.8 Å². The fourth-order valence-electron chi connectivity index (χ4n) is 4.66. The van der Waals surface area contributed by atoms with Gasteiger partial charge >= 0.3 is 5.97 Å². The molecule has 0 unspecified atom stereocenters. The zero-order valence-electron chi connectivity index (χ0n) is 23.6. The largest absolute Gasteiger partial charge is 0.497 e.